The Morgan fingerprint density at radius 1 is 1.24 bits per heavy atom. The monoisotopic (exact) mass is 445 g/mol. The van der Waals surface area contributed by atoms with Crippen LogP contribution in [-0.2, 0) is 0 Å². The second-order valence-corrected chi connectivity index (χ2v) is 9.40. The molecule has 2 aliphatic carbocycles. The van der Waals surface area contributed by atoms with Crippen LogP contribution in [0.4, 0.5) is 0 Å². The maximum atomic E-state index is 9.54. The Bertz CT molecular complexity index is 1100. The number of hydrogen-bond acceptors (Lipinski definition) is 7. The van der Waals surface area contributed by atoms with Gasteiger partial charge in [-0.25, -0.2) is 0 Å². The van der Waals surface area contributed by atoms with Crippen LogP contribution in [-0.4, -0.2) is 41.4 Å². The average Bonchev–Trinajstić information content (AvgIpc) is 3.48. The SMILES string of the molecule is CC(C)Oc1ccc(-c2nc(C3CC=CC4=C3CCC4NC3CCNCC3)no2)cc1C#N. The van der Waals surface area contributed by atoms with E-state index >= 15 is 0 Å². The molecule has 2 N–H and O–H groups in total. The molecule has 2 heterocycles. The smallest absolute Gasteiger partial charge is 0.257 e. The summed E-state index contributed by atoms with van der Waals surface area (Å²) in [6.45, 7) is 6.07. The van der Waals surface area contributed by atoms with Gasteiger partial charge >= 0.3 is 0 Å². The molecule has 2 unspecified atom stereocenters. The first-order valence-corrected chi connectivity index (χ1v) is 12.0. The number of allylic oxidation sites excluding steroid dienone is 2. The van der Waals surface area contributed by atoms with E-state index < -0.39 is 0 Å². The van der Waals surface area contributed by atoms with E-state index in [-0.39, 0.29) is 12.0 Å². The van der Waals surface area contributed by atoms with E-state index in [9.17, 15) is 5.26 Å². The number of nitrogens with zero attached hydrogens (tertiary/aromatic N) is 3. The van der Waals surface area contributed by atoms with Gasteiger partial charge in [0.25, 0.3) is 5.89 Å². The van der Waals surface area contributed by atoms with Crippen LogP contribution in [0.3, 0.4) is 0 Å². The predicted molar refractivity (Wildman–Crippen MR) is 126 cm³/mol. The number of benzene rings is 1. The summed E-state index contributed by atoms with van der Waals surface area (Å²) in [6.07, 6.45) is 10.00. The number of aromatic nitrogens is 2. The lowest BCUT2D eigenvalue weighted by molar-refractivity contribution is 0.241. The van der Waals surface area contributed by atoms with Gasteiger partial charge in [0.05, 0.1) is 11.7 Å². The fourth-order valence-corrected chi connectivity index (χ4v) is 5.20. The average molecular weight is 446 g/mol. The van der Waals surface area contributed by atoms with Crippen molar-refractivity contribution in [1.29, 1.82) is 5.26 Å². The molecule has 2 atom stereocenters. The van der Waals surface area contributed by atoms with Gasteiger partial charge in [0.15, 0.2) is 5.82 Å². The van der Waals surface area contributed by atoms with E-state index in [4.69, 9.17) is 14.2 Å². The molecule has 1 aromatic heterocycles. The topological polar surface area (TPSA) is 96.0 Å². The van der Waals surface area contributed by atoms with E-state index in [0.717, 1.165) is 43.7 Å². The second kappa shape index (κ2) is 9.50. The quantitative estimate of drug-likeness (QED) is 0.686. The molecule has 33 heavy (non-hydrogen) atoms. The largest absolute Gasteiger partial charge is 0.490 e. The second-order valence-electron chi connectivity index (χ2n) is 9.40. The fraction of sp³-hybridized carbons (Fsp3) is 0.500. The van der Waals surface area contributed by atoms with Crippen molar-refractivity contribution in [1.82, 2.24) is 20.8 Å². The summed E-state index contributed by atoms with van der Waals surface area (Å²) in [5.74, 6) is 1.89. The van der Waals surface area contributed by atoms with Crippen LogP contribution in [0.5, 0.6) is 5.75 Å². The minimum Gasteiger partial charge on any atom is -0.490 e. The van der Waals surface area contributed by atoms with Crippen LogP contribution < -0.4 is 15.4 Å². The third kappa shape index (κ3) is 4.59. The van der Waals surface area contributed by atoms with Gasteiger partial charge in [-0.05, 0) is 82.8 Å². The normalized spacial score (nSPS) is 23.1. The highest BCUT2D eigenvalue weighted by Crippen LogP contribution is 2.42. The van der Waals surface area contributed by atoms with Gasteiger partial charge in [0.1, 0.15) is 11.8 Å². The summed E-state index contributed by atoms with van der Waals surface area (Å²) in [4.78, 5) is 4.75. The zero-order valence-corrected chi connectivity index (χ0v) is 19.3. The van der Waals surface area contributed by atoms with Gasteiger partial charge in [0.2, 0.25) is 0 Å². The Hall–Kier alpha value is -2.95. The summed E-state index contributed by atoms with van der Waals surface area (Å²) in [7, 11) is 0. The molecule has 0 bridgehead atoms. The standard InChI is InChI=1S/C26H31N5O2/c1-16(2)32-24-9-6-17(14-18(24)15-27)26-30-25(31-33-26)22-5-3-4-21-20(22)7-8-23(21)29-19-10-12-28-13-11-19/h3-4,6,9,14,16,19,22-23,28-29H,5,7-8,10-13H2,1-2H3. The molecule has 1 aliphatic heterocycles. The Balaban J connectivity index is 1.35. The molecule has 1 saturated heterocycles. The van der Waals surface area contributed by atoms with Crippen LogP contribution in [0.2, 0.25) is 0 Å². The highest BCUT2D eigenvalue weighted by atomic mass is 16.5. The Morgan fingerprint density at radius 3 is 2.88 bits per heavy atom. The highest BCUT2D eigenvalue weighted by Gasteiger charge is 2.34. The number of hydrogen-bond donors (Lipinski definition) is 2. The molecular weight excluding hydrogens is 414 g/mol. The van der Waals surface area contributed by atoms with Crippen LogP contribution >= 0.6 is 0 Å². The number of ether oxygens (including phenoxy) is 1. The molecule has 1 aromatic carbocycles. The van der Waals surface area contributed by atoms with Gasteiger partial charge < -0.3 is 19.9 Å². The minimum atomic E-state index is -0.000656. The van der Waals surface area contributed by atoms with Gasteiger partial charge in [-0.2, -0.15) is 10.2 Å². The summed E-state index contributed by atoms with van der Waals surface area (Å²) in [6, 6.07) is 8.64. The minimum absolute atomic E-state index is 0.000656. The van der Waals surface area contributed by atoms with Crippen molar-refractivity contribution in [2.45, 2.75) is 70.1 Å². The molecule has 3 aliphatic rings. The van der Waals surface area contributed by atoms with Gasteiger partial charge in [-0.15, -0.1) is 0 Å². The van der Waals surface area contributed by atoms with Crippen molar-refractivity contribution in [3.8, 4) is 23.3 Å². The van der Waals surface area contributed by atoms with Crippen molar-refractivity contribution in [2.24, 2.45) is 0 Å². The molecule has 0 saturated carbocycles. The maximum absolute atomic E-state index is 9.54. The van der Waals surface area contributed by atoms with Crippen LogP contribution in [0, 0.1) is 11.3 Å². The van der Waals surface area contributed by atoms with E-state index in [0.29, 0.717) is 29.3 Å². The van der Waals surface area contributed by atoms with Crippen molar-refractivity contribution in [3.63, 3.8) is 0 Å². The third-order valence-electron chi connectivity index (χ3n) is 6.78. The first kappa shape index (κ1) is 21.9. The molecular formula is C26H31N5O2. The fourth-order valence-electron chi connectivity index (χ4n) is 5.20. The van der Waals surface area contributed by atoms with E-state index in [2.05, 4.69) is 34.0 Å². The Kier molecular flexibility index (Phi) is 6.30. The molecule has 0 spiro atoms. The lowest BCUT2D eigenvalue weighted by Gasteiger charge is -2.28. The molecule has 0 radical (unpaired) electrons. The Morgan fingerprint density at radius 2 is 2.09 bits per heavy atom. The summed E-state index contributed by atoms with van der Waals surface area (Å²) < 4.78 is 11.4. The Labute approximate surface area is 194 Å². The lowest BCUT2D eigenvalue weighted by atomic mass is 9.87. The zero-order chi connectivity index (χ0) is 22.8. The first-order valence-electron chi connectivity index (χ1n) is 12.0. The number of rotatable bonds is 6. The van der Waals surface area contributed by atoms with Gasteiger partial charge in [-0.1, -0.05) is 22.9 Å². The summed E-state index contributed by atoms with van der Waals surface area (Å²) in [5.41, 5.74) is 4.06. The maximum Gasteiger partial charge on any atom is 0.257 e. The van der Waals surface area contributed by atoms with E-state index in [1.165, 1.54) is 24.0 Å². The molecule has 0 amide bonds. The first-order chi connectivity index (χ1) is 16.1. The zero-order valence-electron chi connectivity index (χ0n) is 19.3. The molecule has 7 nitrogen and oxygen atoms in total. The predicted octanol–water partition coefficient (Wildman–Crippen LogP) is 4.24. The highest BCUT2D eigenvalue weighted by molar-refractivity contribution is 5.60. The van der Waals surface area contributed by atoms with Crippen LogP contribution in [0.25, 0.3) is 11.5 Å². The summed E-state index contributed by atoms with van der Waals surface area (Å²) in [5, 5.41) is 21.2. The van der Waals surface area contributed by atoms with Crippen molar-refractivity contribution >= 4 is 0 Å². The third-order valence-corrected chi connectivity index (χ3v) is 6.78. The molecule has 1 fully saturated rings. The molecule has 7 heteroatoms. The summed E-state index contributed by atoms with van der Waals surface area (Å²) >= 11 is 0. The van der Waals surface area contributed by atoms with Gasteiger partial charge in [-0.3, -0.25) is 0 Å². The molecule has 2 aromatic rings. The van der Waals surface area contributed by atoms with E-state index in [1.54, 1.807) is 12.1 Å². The van der Waals surface area contributed by atoms with E-state index in [1.807, 2.05) is 19.9 Å². The van der Waals surface area contributed by atoms with Crippen molar-refractivity contribution in [3.05, 3.63) is 52.9 Å². The number of piperidine rings is 1. The van der Waals surface area contributed by atoms with Gasteiger partial charge in [0, 0.05) is 23.6 Å². The lowest BCUT2D eigenvalue weighted by Crippen LogP contribution is -2.44. The molecule has 172 valence electrons. The van der Waals surface area contributed by atoms with Crippen LogP contribution in [0.1, 0.15) is 63.3 Å². The molecule has 5 rings (SSSR count). The van der Waals surface area contributed by atoms with Crippen molar-refractivity contribution in [2.75, 3.05) is 13.1 Å². The number of nitrogens with one attached hydrogen (secondary N) is 2. The number of nitriles is 1. The van der Waals surface area contributed by atoms with Crippen molar-refractivity contribution < 1.29 is 9.26 Å². The van der Waals surface area contributed by atoms with Crippen LogP contribution in [0.15, 0.2) is 46.0 Å².